The van der Waals surface area contributed by atoms with Gasteiger partial charge in [0.25, 0.3) is 5.91 Å². The maximum atomic E-state index is 12.8. The Bertz CT molecular complexity index is 906. The molecule has 6 nitrogen and oxygen atoms in total. The summed E-state index contributed by atoms with van der Waals surface area (Å²) >= 11 is 0. The Labute approximate surface area is 155 Å². The molecule has 2 rings (SSSR count). The number of anilines is 2. The van der Waals surface area contributed by atoms with E-state index in [9.17, 15) is 18.4 Å². The van der Waals surface area contributed by atoms with E-state index in [0.717, 1.165) is 24.3 Å². The van der Waals surface area contributed by atoms with E-state index >= 15 is 0 Å². The molecule has 1 amide bonds. The lowest BCUT2D eigenvalue weighted by Crippen LogP contribution is -2.42. The molecule has 0 unspecified atom stereocenters. The van der Waals surface area contributed by atoms with Crippen molar-refractivity contribution in [2.24, 2.45) is 0 Å². The summed E-state index contributed by atoms with van der Waals surface area (Å²) in [6.07, 6.45) is 5.24. The average Bonchev–Trinajstić information content (AvgIpc) is 2.54. The first kappa shape index (κ1) is 21.4. The number of amides is 1. The molecule has 0 saturated heterocycles. The van der Waals surface area contributed by atoms with Crippen LogP contribution < -0.4 is 16.8 Å². The van der Waals surface area contributed by atoms with E-state index in [-0.39, 0.29) is 22.5 Å². The van der Waals surface area contributed by atoms with Crippen molar-refractivity contribution >= 4 is 23.3 Å². The fourth-order valence-electron chi connectivity index (χ4n) is 1.86. The highest BCUT2D eigenvalue weighted by Crippen LogP contribution is 2.14. The van der Waals surface area contributed by atoms with Gasteiger partial charge in [-0.1, -0.05) is 5.92 Å². The molecule has 0 saturated carbocycles. The zero-order valence-corrected chi connectivity index (χ0v) is 14.7. The highest BCUT2D eigenvalue weighted by atomic mass is 19.1. The van der Waals surface area contributed by atoms with Crippen LogP contribution in [0, 0.1) is 24.0 Å². The van der Waals surface area contributed by atoms with Gasteiger partial charge in [0.05, 0.1) is 16.7 Å². The number of nitrogens with two attached hydrogens (primary N) is 2. The van der Waals surface area contributed by atoms with Crippen molar-refractivity contribution in [3.05, 3.63) is 59.2 Å². The first-order chi connectivity index (χ1) is 12.5. The second kappa shape index (κ2) is 8.67. The van der Waals surface area contributed by atoms with E-state index in [0.29, 0.717) is 0 Å². The fraction of sp³-hybridized carbons (Fsp3) is 0.158. The number of nitrogen functional groups attached to an aromatic ring is 2. The Morgan fingerprint density at radius 1 is 1.04 bits per heavy atom. The van der Waals surface area contributed by atoms with Crippen molar-refractivity contribution in [1.29, 1.82) is 0 Å². The number of rotatable bonds is 3. The molecule has 0 aliphatic carbocycles. The molecule has 0 heterocycles. The second-order valence-electron chi connectivity index (χ2n) is 5.99. The third kappa shape index (κ3) is 6.32. The van der Waals surface area contributed by atoms with Gasteiger partial charge in [0.2, 0.25) is 0 Å². The lowest BCUT2D eigenvalue weighted by atomic mass is 10.1. The van der Waals surface area contributed by atoms with E-state index in [2.05, 4.69) is 11.2 Å². The zero-order valence-electron chi connectivity index (χ0n) is 14.7. The predicted octanol–water partition coefficient (Wildman–Crippen LogP) is 2.66. The number of hydrogen-bond acceptors (Lipinski definition) is 4. The summed E-state index contributed by atoms with van der Waals surface area (Å²) in [6.45, 7) is 3.37. The van der Waals surface area contributed by atoms with E-state index in [1.807, 2.05) is 0 Å². The second-order valence-corrected chi connectivity index (χ2v) is 5.99. The topological polar surface area (TPSA) is 118 Å². The largest absolute Gasteiger partial charge is 0.478 e. The standard InChI is InChI=1S/C12H13FN2O.C7H6FNO2/c1-4-12(2,3)15-11(16)9-6-5-8(13)7-10(9)14;8-4-1-2-5(7(10)11)6(9)3-4/h1,5-7H,14H2,2-3H3,(H,15,16);1-3H,9H2,(H,10,11). The number of terminal acetylenes is 1. The molecule has 27 heavy (non-hydrogen) atoms. The lowest BCUT2D eigenvalue weighted by Gasteiger charge is -2.20. The van der Waals surface area contributed by atoms with E-state index in [4.69, 9.17) is 23.0 Å². The number of carbonyl (C=O) groups is 2. The van der Waals surface area contributed by atoms with Gasteiger partial charge in [0.1, 0.15) is 11.6 Å². The van der Waals surface area contributed by atoms with Gasteiger partial charge in [-0.25, -0.2) is 13.6 Å². The monoisotopic (exact) mass is 375 g/mol. The summed E-state index contributed by atoms with van der Waals surface area (Å²) in [4.78, 5) is 22.1. The van der Waals surface area contributed by atoms with Crippen LogP contribution >= 0.6 is 0 Å². The number of hydrogen-bond donors (Lipinski definition) is 4. The normalized spacial score (nSPS) is 10.2. The molecule has 8 heteroatoms. The number of halogens is 2. The summed E-state index contributed by atoms with van der Waals surface area (Å²) in [5, 5.41) is 11.1. The van der Waals surface area contributed by atoms with Gasteiger partial charge in [-0.3, -0.25) is 4.79 Å². The first-order valence-electron chi connectivity index (χ1n) is 7.60. The van der Waals surface area contributed by atoms with Crippen LogP contribution in [0.5, 0.6) is 0 Å². The number of carboxylic acids is 1. The smallest absolute Gasteiger partial charge is 0.337 e. The Hall–Kier alpha value is -3.60. The molecule has 0 atom stereocenters. The Morgan fingerprint density at radius 3 is 1.85 bits per heavy atom. The van der Waals surface area contributed by atoms with Crippen LogP contribution in [0.25, 0.3) is 0 Å². The molecular formula is C19H19F2N3O3. The lowest BCUT2D eigenvalue weighted by molar-refractivity contribution is 0.0697. The van der Waals surface area contributed by atoms with Crippen LogP contribution in [0.4, 0.5) is 20.2 Å². The van der Waals surface area contributed by atoms with Crippen molar-refractivity contribution in [2.75, 3.05) is 11.5 Å². The van der Waals surface area contributed by atoms with Crippen LogP contribution in [0.2, 0.25) is 0 Å². The molecule has 6 N–H and O–H groups in total. The summed E-state index contributed by atoms with van der Waals surface area (Å²) in [5.74, 6) is -0.157. The SMILES string of the molecule is C#CC(C)(C)NC(=O)c1ccc(F)cc1N.Nc1cc(F)ccc1C(=O)O. The highest BCUT2D eigenvalue weighted by Gasteiger charge is 2.19. The van der Waals surface area contributed by atoms with Gasteiger partial charge in [0.15, 0.2) is 0 Å². The molecule has 0 aromatic heterocycles. The van der Waals surface area contributed by atoms with Crippen molar-refractivity contribution in [2.45, 2.75) is 19.4 Å². The molecule has 0 fully saturated rings. The molecule has 2 aromatic rings. The van der Waals surface area contributed by atoms with Crippen molar-refractivity contribution in [3.63, 3.8) is 0 Å². The Kier molecular flexibility index (Phi) is 6.88. The van der Waals surface area contributed by atoms with Crippen molar-refractivity contribution in [3.8, 4) is 12.3 Å². The number of benzene rings is 2. The van der Waals surface area contributed by atoms with Gasteiger partial charge in [-0.2, -0.15) is 0 Å². The van der Waals surface area contributed by atoms with Crippen LogP contribution in [0.15, 0.2) is 36.4 Å². The van der Waals surface area contributed by atoms with E-state index in [1.54, 1.807) is 13.8 Å². The van der Waals surface area contributed by atoms with Crippen LogP contribution in [-0.4, -0.2) is 22.5 Å². The summed E-state index contributed by atoms with van der Waals surface area (Å²) in [7, 11) is 0. The predicted molar refractivity (Wildman–Crippen MR) is 99.0 cm³/mol. The van der Waals surface area contributed by atoms with Gasteiger partial charge < -0.3 is 21.9 Å². The number of carbonyl (C=O) groups excluding carboxylic acids is 1. The number of carboxylic acid groups (broad SMARTS) is 1. The maximum absolute atomic E-state index is 12.8. The minimum Gasteiger partial charge on any atom is -0.478 e. The van der Waals surface area contributed by atoms with Gasteiger partial charge in [-0.15, -0.1) is 6.42 Å². The molecule has 0 bridgehead atoms. The fourth-order valence-corrected chi connectivity index (χ4v) is 1.86. The van der Waals surface area contributed by atoms with Crippen LogP contribution in [-0.2, 0) is 0 Å². The zero-order chi connectivity index (χ0) is 20.8. The van der Waals surface area contributed by atoms with Gasteiger partial charge >= 0.3 is 5.97 Å². The van der Waals surface area contributed by atoms with Crippen molar-refractivity contribution < 1.29 is 23.5 Å². The van der Waals surface area contributed by atoms with Crippen LogP contribution in [0.1, 0.15) is 34.6 Å². The molecule has 2 aromatic carbocycles. The third-order valence-corrected chi connectivity index (χ3v) is 3.29. The quantitative estimate of drug-likeness (QED) is 0.486. The summed E-state index contributed by atoms with van der Waals surface area (Å²) < 4.78 is 25.1. The molecular weight excluding hydrogens is 356 g/mol. The summed E-state index contributed by atoms with van der Waals surface area (Å²) in [6, 6.07) is 6.76. The summed E-state index contributed by atoms with van der Waals surface area (Å²) in [5.41, 5.74) is 10.1. The molecule has 0 aliphatic rings. The minimum atomic E-state index is -1.15. The molecule has 142 valence electrons. The molecule has 0 aliphatic heterocycles. The van der Waals surface area contributed by atoms with Gasteiger partial charge in [-0.05, 0) is 50.2 Å². The number of nitrogens with one attached hydrogen (secondary N) is 1. The number of aromatic carboxylic acids is 1. The van der Waals surface area contributed by atoms with E-state index in [1.165, 1.54) is 12.1 Å². The highest BCUT2D eigenvalue weighted by molar-refractivity contribution is 5.99. The minimum absolute atomic E-state index is 0.0579. The van der Waals surface area contributed by atoms with Gasteiger partial charge in [0, 0.05) is 11.4 Å². The molecule has 0 spiro atoms. The maximum Gasteiger partial charge on any atom is 0.337 e. The Morgan fingerprint density at radius 2 is 1.48 bits per heavy atom. The third-order valence-electron chi connectivity index (χ3n) is 3.29. The van der Waals surface area contributed by atoms with Crippen molar-refractivity contribution in [1.82, 2.24) is 5.32 Å². The Balaban J connectivity index is 0.000000289. The van der Waals surface area contributed by atoms with E-state index < -0.39 is 29.0 Å². The molecule has 0 radical (unpaired) electrons. The van der Waals surface area contributed by atoms with Crippen LogP contribution in [0.3, 0.4) is 0 Å². The first-order valence-corrected chi connectivity index (χ1v) is 7.60. The average molecular weight is 375 g/mol.